The van der Waals surface area contributed by atoms with Crippen LogP contribution in [0.25, 0.3) is 0 Å². The molecule has 2 rings (SSSR count). The van der Waals surface area contributed by atoms with Gasteiger partial charge in [-0.3, -0.25) is 0 Å². The molecule has 2 aliphatic heterocycles. The van der Waals surface area contributed by atoms with Crippen molar-refractivity contribution in [1.29, 1.82) is 0 Å². The molecule has 0 aliphatic carbocycles. The molecule has 2 fully saturated rings. The van der Waals surface area contributed by atoms with Crippen molar-refractivity contribution in [1.82, 2.24) is 0 Å². The Labute approximate surface area is 268 Å². The molecule has 0 spiro atoms. The van der Waals surface area contributed by atoms with Gasteiger partial charge in [0.05, 0.1) is 19.8 Å². The number of unbranched alkanes of at least 4 members (excludes halogenated alkanes) is 15. The molecule has 11 nitrogen and oxygen atoms in total. The highest BCUT2D eigenvalue weighted by Crippen LogP contribution is 2.29. The van der Waals surface area contributed by atoms with Crippen molar-refractivity contribution in [2.24, 2.45) is 0 Å². The molecule has 0 bridgehead atoms. The smallest absolute Gasteiger partial charge is 0.187 e. The van der Waals surface area contributed by atoms with Crippen LogP contribution in [0.2, 0.25) is 0 Å². The van der Waals surface area contributed by atoms with E-state index < -0.39 is 74.6 Å². The van der Waals surface area contributed by atoms with Crippen LogP contribution in [-0.4, -0.2) is 128 Å². The molecule has 44 heavy (non-hydrogen) atoms. The third-order valence-electron chi connectivity index (χ3n) is 8.61. The second-order valence-corrected chi connectivity index (χ2v) is 13.5. The first-order valence-electron chi connectivity index (χ1n) is 17.1. The van der Waals surface area contributed by atoms with Gasteiger partial charge in [-0.15, -0.1) is 0 Å². The minimum absolute atomic E-state index is 0.286. The van der Waals surface area contributed by atoms with Crippen LogP contribution in [0.3, 0.4) is 0 Å². The van der Waals surface area contributed by atoms with Crippen molar-refractivity contribution in [3.05, 3.63) is 0 Å². The van der Waals surface area contributed by atoms with E-state index in [0.29, 0.717) is 5.75 Å². The second kappa shape index (κ2) is 24.1. The van der Waals surface area contributed by atoms with E-state index in [1.807, 2.05) is 0 Å². The van der Waals surface area contributed by atoms with E-state index in [1.165, 1.54) is 96.3 Å². The van der Waals surface area contributed by atoms with Gasteiger partial charge in [0.25, 0.3) is 0 Å². The molecule has 12 heteroatoms. The number of thioether (sulfide) groups is 1. The van der Waals surface area contributed by atoms with E-state index >= 15 is 0 Å². The third kappa shape index (κ3) is 14.4. The normalized spacial score (nSPS) is 32.7. The summed E-state index contributed by atoms with van der Waals surface area (Å²) in [4.78, 5) is 0. The van der Waals surface area contributed by atoms with Crippen LogP contribution in [0.15, 0.2) is 0 Å². The molecule has 2 heterocycles. The topological polar surface area (TPSA) is 179 Å². The first kappa shape index (κ1) is 40.1. The quantitative estimate of drug-likeness (QED) is 0.0717. The molecule has 262 valence electrons. The SMILES string of the molecule is CCCCCCCCCCCCCCCCCCSCCO[C@H]1O[C@@H](CO)[C@H](O[C@@H]2O[C@H](CO)[C@H](O)[C@@H](O)[C@@H]2O)[C@@H](O)[C@@H]1O. The maximum atomic E-state index is 10.7. The summed E-state index contributed by atoms with van der Waals surface area (Å²) in [5, 5.41) is 70.6. The fraction of sp³-hybridized carbons (Fsp3) is 1.00. The van der Waals surface area contributed by atoms with Gasteiger partial charge in [0.2, 0.25) is 0 Å². The lowest BCUT2D eigenvalue weighted by molar-refractivity contribution is -0.359. The Bertz CT molecular complexity index is 689. The van der Waals surface area contributed by atoms with E-state index in [0.717, 1.165) is 12.2 Å². The van der Waals surface area contributed by atoms with Gasteiger partial charge in [-0.1, -0.05) is 103 Å². The fourth-order valence-corrected chi connectivity index (χ4v) is 6.60. The van der Waals surface area contributed by atoms with Crippen molar-refractivity contribution in [3.63, 3.8) is 0 Å². The molecule has 2 aliphatic rings. The lowest BCUT2D eigenvalue weighted by Crippen LogP contribution is -2.64. The van der Waals surface area contributed by atoms with E-state index in [1.54, 1.807) is 11.8 Å². The first-order chi connectivity index (χ1) is 21.3. The zero-order chi connectivity index (χ0) is 32.2. The van der Waals surface area contributed by atoms with Gasteiger partial charge in [-0.2, -0.15) is 11.8 Å². The Morgan fingerprint density at radius 2 is 1.00 bits per heavy atom. The Hall–Kier alpha value is -0.0900. The van der Waals surface area contributed by atoms with Crippen LogP contribution >= 0.6 is 11.8 Å². The highest BCUT2D eigenvalue weighted by Gasteiger charge is 2.50. The highest BCUT2D eigenvalue weighted by molar-refractivity contribution is 7.99. The first-order valence-corrected chi connectivity index (χ1v) is 18.3. The van der Waals surface area contributed by atoms with Gasteiger partial charge in [-0.25, -0.2) is 0 Å². The Balaban J connectivity index is 1.49. The molecule has 2 saturated heterocycles. The summed E-state index contributed by atoms with van der Waals surface area (Å²) in [6.45, 7) is 1.32. The summed E-state index contributed by atoms with van der Waals surface area (Å²) >= 11 is 1.76. The maximum Gasteiger partial charge on any atom is 0.187 e. The van der Waals surface area contributed by atoms with Crippen molar-refractivity contribution >= 4 is 11.8 Å². The molecule has 0 unspecified atom stereocenters. The molecule has 0 radical (unpaired) electrons. The van der Waals surface area contributed by atoms with E-state index in [9.17, 15) is 35.7 Å². The molecule has 0 amide bonds. The van der Waals surface area contributed by atoms with Crippen LogP contribution < -0.4 is 0 Å². The lowest BCUT2D eigenvalue weighted by atomic mass is 9.97. The average Bonchev–Trinajstić information content (AvgIpc) is 3.03. The molecule has 7 N–H and O–H groups in total. The summed E-state index contributed by atoms with van der Waals surface area (Å²) in [5.74, 6) is 1.71. The number of hydrogen-bond acceptors (Lipinski definition) is 12. The predicted octanol–water partition coefficient (Wildman–Crippen LogP) is 2.62. The predicted molar refractivity (Wildman–Crippen MR) is 169 cm³/mol. The van der Waals surface area contributed by atoms with E-state index in [-0.39, 0.29) is 6.61 Å². The van der Waals surface area contributed by atoms with Crippen LogP contribution in [0.4, 0.5) is 0 Å². The van der Waals surface area contributed by atoms with Gasteiger partial charge < -0.3 is 54.7 Å². The molecular formula is C32H62O11S. The molecule has 0 aromatic rings. The van der Waals surface area contributed by atoms with Crippen molar-refractivity contribution < 1.29 is 54.7 Å². The molecule has 0 aromatic carbocycles. The standard InChI is InChI=1S/C32H62O11S/c1-2-3-4-5-6-7-8-9-10-11-12-13-14-15-16-17-19-44-20-18-40-31-29(39)27(37)30(24(22-34)42-31)43-32-28(38)26(36)25(35)23(21-33)41-32/h23-39H,2-22H2,1H3/t23-,24+,25+,26-,27+,28+,29+,30+,31+,32+/m1/s1. The zero-order valence-corrected chi connectivity index (χ0v) is 27.6. The van der Waals surface area contributed by atoms with Gasteiger partial charge in [-0.05, 0) is 12.2 Å². The number of aliphatic hydroxyl groups is 7. The van der Waals surface area contributed by atoms with E-state index in [2.05, 4.69) is 6.92 Å². The van der Waals surface area contributed by atoms with Crippen molar-refractivity contribution in [3.8, 4) is 0 Å². The van der Waals surface area contributed by atoms with Gasteiger partial charge in [0.15, 0.2) is 12.6 Å². The maximum absolute atomic E-state index is 10.7. The average molecular weight is 655 g/mol. The third-order valence-corrected chi connectivity index (χ3v) is 9.65. The number of hydrogen-bond donors (Lipinski definition) is 7. The summed E-state index contributed by atoms with van der Waals surface area (Å²) in [7, 11) is 0. The minimum atomic E-state index is -1.70. The van der Waals surface area contributed by atoms with Gasteiger partial charge in [0, 0.05) is 5.75 Å². The summed E-state index contributed by atoms with van der Waals surface area (Å²) < 4.78 is 22.2. The summed E-state index contributed by atoms with van der Waals surface area (Å²) in [6, 6.07) is 0. The molecular weight excluding hydrogens is 592 g/mol. The summed E-state index contributed by atoms with van der Waals surface area (Å²) in [5.41, 5.74) is 0. The Morgan fingerprint density at radius 1 is 0.523 bits per heavy atom. The molecule has 10 atom stereocenters. The Morgan fingerprint density at radius 3 is 1.52 bits per heavy atom. The summed E-state index contributed by atoms with van der Waals surface area (Å²) in [6.07, 6.45) is 7.12. The van der Waals surface area contributed by atoms with Crippen LogP contribution in [-0.2, 0) is 18.9 Å². The highest BCUT2D eigenvalue weighted by atomic mass is 32.2. The van der Waals surface area contributed by atoms with Gasteiger partial charge >= 0.3 is 0 Å². The largest absolute Gasteiger partial charge is 0.394 e. The van der Waals surface area contributed by atoms with Crippen LogP contribution in [0.5, 0.6) is 0 Å². The number of rotatable bonds is 25. The van der Waals surface area contributed by atoms with Crippen LogP contribution in [0.1, 0.15) is 110 Å². The second-order valence-electron chi connectivity index (χ2n) is 12.3. The molecule has 0 aromatic heterocycles. The number of ether oxygens (including phenoxy) is 4. The monoisotopic (exact) mass is 654 g/mol. The molecule has 0 saturated carbocycles. The zero-order valence-electron chi connectivity index (χ0n) is 26.8. The van der Waals surface area contributed by atoms with Crippen molar-refractivity contribution in [2.45, 2.75) is 171 Å². The minimum Gasteiger partial charge on any atom is -0.394 e. The van der Waals surface area contributed by atoms with E-state index in [4.69, 9.17) is 18.9 Å². The van der Waals surface area contributed by atoms with Crippen molar-refractivity contribution in [2.75, 3.05) is 31.3 Å². The van der Waals surface area contributed by atoms with Crippen LogP contribution in [0, 0.1) is 0 Å². The lowest BCUT2D eigenvalue weighted by Gasteiger charge is -2.45. The Kier molecular flexibility index (Phi) is 22.0. The number of aliphatic hydroxyl groups excluding tert-OH is 7. The van der Waals surface area contributed by atoms with Gasteiger partial charge in [0.1, 0.15) is 48.8 Å². The fourth-order valence-electron chi connectivity index (χ4n) is 5.77.